The molecule has 0 radical (unpaired) electrons. The monoisotopic (exact) mass is 230 g/mol. The van der Waals surface area contributed by atoms with Crippen LogP contribution in [0.1, 0.15) is 18.9 Å². The molecule has 84 valence electrons. The van der Waals surface area contributed by atoms with Gasteiger partial charge in [0.1, 0.15) is 5.82 Å². The first-order chi connectivity index (χ1) is 7.13. The van der Waals surface area contributed by atoms with Crippen molar-refractivity contribution in [2.75, 3.05) is 6.54 Å². The van der Waals surface area contributed by atoms with Crippen molar-refractivity contribution in [1.29, 1.82) is 0 Å². The van der Waals surface area contributed by atoms with Crippen molar-refractivity contribution in [1.82, 2.24) is 5.32 Å². The lowest BCUT2D eigenvalue weighted by Crippen LogP contribution is -2.27. The van der Waals surface area contributed by atoms with Gasteiger partial charge in [0.05, 0.1) is 5.02 Å². The summed E-state index contributed by atoms with van der Waals surface area (Å²) in [7, 11) is 0. The van der Waals surface area contributed by atoms with Crippen LogP contribution in [0.15, 0.2) is 18.2 Å². The normalized spacial score (nSPS) is 12.8. The molecule has 1 rings (SSSR count). The summed E-state index contributed by atoms with van der Waals surface area (Å²) >= 11 is 5.67. The number of benzene rings is 1. The minimum absolute atomic E-state index is 0.167. The van der Waals surface area contributed by atoms with Gasteiger partial charge in [0.25, 0.3) is 0 Å². The van der Waals surface area contributed by atoms with Crippen molar-refractivity contribution in [3.8, 4) is 0 Å². The number of rotatable bonds is 5. The Labute approximate surface area is 94.6 Å². The maximum Gasteiger partial charge on any atom is 0.141 e. The summed E-state index contributed by atoms with van der Waals surface area (Å²) < 4.78 is 12.8. The average Bonchev–Trinajstić information content (AvgIpc) is 2.20. The molecule has 4 heteroatoms. The zero-order valence-electron chi connectivity index (χ0n) is 8.76. The molecule has 0 aliphatic heterocycles. The van der Waals surface area contributed by atoms with Crippen molar-refractivity contribution >= 4 is 11.6 Å². The summed E-state index contributed by atoms with van der Waals surface area (Å²) in [6, 6.07) is 5.11. The van der Waals surface area contributed by atoms with E-state index in [-0.39, 0.29) is 10.8 Å². The molecule has 15 heavy (non-hydrogen) atoms. The molecule has 0 aliphatic rings. The lowest BCUT2D eigenvalue weighted by molar-refractivity contribution is 0.519. The van der Waals surface area contributed by atoms with E-state index in [1.807, 2.05) is 0 Å². The van der Waals surface area contributed by atoms with E-state index >= 15 is 0 Å². The predicted molar refractivity (Wildman–Crippen MR) is 61.4 cm³/mol. The highest BCUT2D eigenvalue weighted by molar-refractivity contribution is 6.30. The highest BCUT2D eigenvalue weighted by Crippen LogP contribution is 2.15. The minimum Gasteiger partial charge on any atom is -0.330 e. The Morgan fingerprint density at radius 1 is 1.53 bits per heavy atom. The molecule has 3 N–H and O–H groups in total. The first-order valence-electron chi connectivity index (χ1n) is 5.01. The first-order valence-corrected chi connectivity index (χ1v) is 5.38. The molecule has 1 unspecified atom stereocenters. The summed E-state index contributed by atoms with van der Waals surface area (Å²) in [5.74, 6) is -0.379. The Balaban J connectivity index is 2.47. The van der Waals surface area contributed by atoms with Crippen LogP contribution >= 0.6 is 11.6 Å². The van der Waals surface area contributed by atoms with Gasteiger partial charge in [-0.1, -0.05) is 17.7 Å². The molecule has 2 nitrogen and oxygen atoms in total. The van der Waals surface area contributed by atoms with E-state index in [0.29, 0.717) is 19.1 Å². The zero-order valence-corrected chi connectivity index (χ0v) is 9.52. The van der Waals surface area contributed by atoms with Crippen LogP contribution in [0.4, 0.5) is 4.39 Å². The summed E-state index contributed by atoms with van der Waals surface area (Å²) in [5, 5.41) is 3.45. The molecule has 0 fully saturated rings. The summed E-state index contributed by atoms with van der Waals surface area (Å²) in [5.41, 5.74) is 6.41. The zero-order chi connectivity index (χ0) is 11.3. The molecule has 0 saturated heterocycles. The van der Waals surface area contributed by atoms with Gasteiger partial charge in [-0.15, -0.1) is 0 Å². The van der Waals surface area contributed by atoms with Crippen molar-refractivity contribution in [3.63, 3.8) is 0 Å². The van der Waals surface area contributed by atoms with Crippen LogP contribution in [0.5, 0.6) is 0 Å². The maximum absolute atomic E-state index is 12.8. The minimum atomic E-state index is -0.379. The molecule has 0 heterocycles. The van der Waals surface area contributed by atoms with Crippen LogP contribution in [0, 0.1) is 5.82 Å². The number of hydrogen-bond donors (Lipinski definition) is 2. The fourth-order valence-corrected chi connectivity index (χ4v) is 1.50. The second kappa shape index (κ2) is 6.05. The van der Waals surface area contributed by atoms with E-state index in [1.165, 1.54) is 6.07 Å². The van der Waals surface area contributed by atoms with Crippen LogP contribution in [0.3, 0.4) is 0 Å². The predicted octanol–water partition coefficient (Wildman–Crippen LogP) is 2.31. The topological polar surface area (TPSA) is 38.0 Å². The van der Waals surface area contributed by atoms with Gasteiger partial charge >= 0.3 is 0 Å². The Bertz CT molecular complexity index is 317. The largest absolute Gasteiger partial charge is 0.330 e. The molecule has 0 aromatic heterocycles. The van der Waals surface area contributed by atoms with E-state index in [1.54, 1.807) is 12.1 Å². The summed E-state index contributed by atoms with van der Waals surface area (Å²) in [6.07, 6.45) is 0.926. The Kier molecular flexibility index (Phi) is 5.02. The van der Waals surface area contributed by atoms with Gasteiger partial charge in [-0.2, -0.15) is 0 Å². The number of hydrogen-bond acceptors (Lipinski definition) is 2. The summed E-state index contributed by atoms with van der Waals surface area (Å²) in [6.45, 7) is 3.41. The summed E-state index contributed by atoms with van der Waals surface area (Å²) in [4.78, 5) is 0. The van der Waals surface area contributed by atoms with Crippen molar-refractivity contribution in [3.05, 3.63) is 34.6 Å². The highest BCUT2D eigenvalue weighted by Gasteiger charge is 2.03. The third-order valence-electron chi connectivity index (χ3n) is 2.24. The van der Waals surface area contributed by atoms with Gasteiger partial charge < -0.3 is 11.1 Å². The van der Waals surface area contributed by atoms with E-state index < -0.39 is 0 Å². The SMILES string of the molecule is CC(CCN)NCc1ccc(F)c(Cl)c1. The van der Waals surface area contributed by atoms with Crippen molar-refractivity contribution < 1.29 is 4.39 Å². The molecule has 0 aliphatic carbocycles. The molecular weight excluding hydrogens is 215 g/mol. The standard InChI is InChI=1S/C11H16ClFN2/c1-8(4-5-14)15-7-9-2-3-11(13)10(12)6-9/h2-3,6,8,15H,4-5,7,14H2,1H3. The van der Waals surface area contributed by atoms with E-state index in [2.05, 4.69) is 12.2 Å². The smallest absolute Gasteiger partial charge is 0.141 e. The van der Waals surface area contributed by atoms with Crippen LogP contribution < -0.4 is 11.1 Å². The number of halogens is 2. The van der Waals surface area contributed by atoms with Crippen LogP contribution in [0.25, 0.3) is 0 Å². The molecule has 0 saturated carbocycles. The fraction of sp³-hybridized carbons (Fsp3) is 0.455. The quantitative estimate of drug-likeness (QED) is 0.815. The van der Waals surface area contributed by atoms with E-state index in [9.17, 15) is 4.39 Å². The van der Waals surface area contributed by atoms with Gasteiger partial charge in [0.2, 0.25) is 0 Å². The van der Waals surface area contributed by atoms with Gasteiger partial charge in [-0.25, -0.2) is 4.39 Å². The van der Waals surface area contributed by atoms with Crippen LogP contribution in [0.2, 0.25) is 5.02 Å². The van der Waals surface area contributed by atoms with Crippen LogP contribution in [-0.4, -0.2) is 12.6 Å². The number of nitrogens with one attached hydrogen (secondary N) is 1. The van der Waals surface area contributed by atoms with E-state index in [0.717, 1.165) is 12.0 Å². The van der Waals surface area contributed by atoms with Gasteiger partial charge in [0.15, 0.2) is 0 Å². The lowest BCUT2D eigenvalue weighted by atomic mass is 10.2. The van der Waals surface area contributed by atoms with Gasteiger partial charge in [0, 0.05) is 12.6 Å². The van der Waals surface area contributed by atoms with Crippen LogP contribution in [-0.2, 0) is 6.54 Å². The Morgan fingerprint density at radius 3 is 2.87 bits per heavy atom. The Morgan fingerprint density at radius 2 is 2.27 bits per heavy atom. The lowest BCUT2D eigenvalue weighted by Gasteiger charge is -2.12. The molecule has 0 amide bonds. The average molecular weight is 231 g/mol. The third kappa shape index (κ3) is 4.16. The Hall–Kier alpha value is -0.640. The van der Waals surface area contributed by atoms with Crippen molar-refractivity contribution in [2.24, 2.45) is 5.73 Å². The highest BCUT2D eigenvalue weighted by atomic mass is 35.5. The van der Waals surface area contributed by atoms with Crippen molar-refractivity contribution in [2.45, 2.75) is 25.9 Å². The van der Waals surface area contributed by atoms with Gasteiger partial charge in [-0.05, 0) is 37.6 Å². The second-order valence-corrected chi connectivity index (χ2v) is 4.01. The third-order valence-corrected chi connectivity index (χ3v) is 2.53. The molecule has 1 atom stereocenters. The second-order valence-electron chi connectivity index (χ2n) is 3.61. The fourth-order valence-electron chi connectivity index (χ4n) is 1.29. The number of nitrogens with two attached hydrogens (primary N) is 1. The molecule has 0 spiro atoms. The first kappa shape index (κ1) is 12.4. The molecular formula is C11H16ClFN2. The molecule has 1 aromatic carbocycles. The maximum atomic E-state index is 12.8. The molecule has 1 aromatic rings. The van der Waals surface area contributed by atoms with Gasteiger partial charge in [-0.3, -0.25) is 0 Å². The molecule has 0 bridgehead atoms. The van der Waals surface area contributed by atoms with E-state index in [4.69, 9.17) is 17.3 Å².